The molecule has 0 atom stereocenters. The van der Waals surface area contributed by atoms with E-state index in [1.54, 1.807) is 0 Å². The first kappa shape index (κ1) is 14.0. The van der Waals surface area contributed by atoms with E-state index in [2.05, 4.69) is 10.1 Å². The zero-order valence-corrected chi connectivity index (χ0v) is 11.4. The van der Waals surface area contributed by atoms with E-state index in [9.17, 15) is 25.1 Å². The van der Waals surface area contributed by atoms with Crippen LogP contribution in [0, 0.1) is 23.0 Å². The summed E-state index contributed by atoms with van der Waals surface area (Å²) in [5.41, 5.74) is -1.17. The number of phenolic OH excluding ortho intramolecular Hbond substituents is 2. The van der Waals surface area contributed by atoms with Crippen molar-refractivity contribution in [3.63, 3.8) is 0 Å². The summed E-state index contributed by atoms with van der Waals surface area (Å²) in [5.74, 6) is -2.32. The molecule has 1 aliphatic rings. The van der Waals surface area contributed by atoms with Crippen LogP contribution in [-0.2, 0) is 0 Å². The molecule has 1 heterocycles. The third-order valence-corrected chi connectivity index (χ3v) is 3.40. The van der Waals surface area contributed by atoms with Crippen molar-refractivity contribution in [3.8, 4) is 22.9 Å². The van der Waals surface area contributed by atoms with Crippen molar-refractivity contribution in [2.75, 3.05) is 0 Å². The van der Waals surface area contributed by atoms with E-state index in [1.807, 2.05) is 0 Å². The van der Waals surface area contributed by atoms with E-state index in [1.165, 1.54) is 6.92 Å². The number of aromatic nitrogens is 2. The number of hydrogen-bond donors (Lipinski definition) is 2. The molecule has 22 heavy (non-hydrogen) atoms. The lowest BCUT2D eigenvalue weighted by molar-refractivity contribution is -0.386. The number of hydrogen-bond acceptors (Lipinski definition) is 8. The lowest BCUT2D eigenvalue weighted by Gasteiger charge is -2.09. The highest BCUT2D eigenvalue weighted by Gasteiger charge is 2.40. The molecule has 0 spiro atoms. The summed E-state index contributed by atoms with van der Waals surface area (Å²) in [6, 6.07) is 1.03. The third kappa shape index (κ3) is 2.16. The summed E-state index contributed by atoms with van der Waals surface area (Å²) in [6.07, 6.45) is 1.25. The fourth-order valence-corrected chi connectivity index (χ4v) is 2.21. The summed E-state index contributed by atoms with van der Waals surface area (Å²) in [6.45, 7) is 1.52. The van der Waals surface area contributed by atoms with Crippen LogP contribution in [0.25, 0.3) is 11.4 Å². The van der Waals surface area contributed by atoms with Gasteiger partial charge in [0.2, 0.25) is 17.5 Å². The zero-order chi connectivity index (χ0) is 16.0. The highest BCUT2D eigenvalue weighted by Crippen LogP contribution is 2.46. The minimum atomic E-state index is -0.946. The predicted octanol–water partition coefficient (Wildman–Crippen LogP) is 1.96. The minimum Gasteiger partial charge on any atom is -0.504 e. The second-order valence-corrected chi connectivity index (χ2v) is 5.05. The number of nitrogens with zero attached hydrogens (tertiary/aromatic N) is 3. The highest BCUT2D eigenvalue weighted by atomic mass is 16.6. The summed E-state index contributed by atoms with van der Waals surface area (Å²) < 4.78 is 4.81. The Kier molecular flexibility index (Phi) is 3.05. The van der Waals surface area contributed by atoms with Crippen LogP contribution >= 0.6 is 0 Å². The van der Waals surface area contributed by atoms with E-state index < -0.39 is 27.9 Å². The van der Waals surface area contributed by atoms with E-state index in [0.29, 0.717) is 12.8 Å². The van der Waals surface area contributed by atoms with Crippen LogP contribution in [0.5, 0.6) is 11.5 Å². The molecule has 2 N–H and O–H groups in total. The molecular weight excluding hydrogens is 294 g/mol. The first-order chi connectivity index (χ1) is 10.4. The van der Waals surface area contributed by atoms with E-state index >= 15 is 0 Å². The number of ketones is 1. The molecule has 1 aromatic heterocycles. The van der Waals surface area contributed by atoms with Crippen LogP contribution < -0.4 is 0 Å². The first-order valence-corrected chi connectivity index (χ1v) is 6.48. The van der Waals surface area contributed by atoms with Crippen LogP contribution in [-0.4, -0.2) is 31.1 Å². The zero-order valence-electron chi connectivity index (χ0n) is 11.4. The smallest absolute Gasteiger partial charge is 0.326 e. The Bertz CT molecular complexity index is 793. The summed E-state index contributed by atoms with van der Waals surface area (Å²) >= 11 is 0. The lowest BCUT2D eigenvalue weighted by atomic mass is 9.97. The number of Topliss-reactive ketones (excluding diaryl/α,β-unsaturated/α-hetero) is 1. The van der Waals surface area contributed by atoms with Gasteiger partial charge in [-0.15, -0.1) is 0 Å². The first-order valence-electron chi connectivity index (χ1n) is 6.48. The number of rotatable bonds is 4. The van der Waals surface area contributed by atoms with Gasteiger partial charge in [0.1, 0.15) is 5.56 Å². The highest BCUT2D eigenvalue weighted by molar-refractivity contribution is 6.09. The Labute approximate surface area is 123 Å². The topological polar surface area (TPSA) is 140 Å². The van der Waals surface area contributed by atoms with Gasteiger partial charge in [0, 0.05) is 18.4 Å². The van der Waals surface area contributed by atoms with Gasteiger partial charge in [0.05, 0.1) is 4.92 Å². The average molecular weight is 305 g/mol. The number of aryl methyl sites for hydroxylation is 1. The van der Waals surface area contributed by atoms with Crippen LogP contribution in [0.15, 0.2) is 10.6 Å². The van der Waals surface area contributed by atoms with Gasteiger partial charge in [-0.05, 0) is 18.9 Å². The van der Waals surface area contributed by atoms with Crippen molar-refractivity contribution < 1.29 is 24.5 Å². The van der Waals surface area contributed by atoms with E-state index in [-0.39, 0.29) is 28.8 Å². The van der Waals surface area contributed by atoms with Crippen LogP contribution in [0.1, 0.15) is 29.1 Å². The van der Waals surface area contributed by atoms with Gasteiger partial charge in [-0.1, -0.05) is 5.16 Å². The third-order valence-electron chi connectivity index (χ3n) is 3.40. The Morgan fingerprint density at radius 3 is 2.64 bits per heavy atom. The second-order valence-electron chi connectivity index (χ2n) is 5.05. The maximum absolute atomic E-state index is 12.4. The quantitative estimate of drug-likeness (QED) is 0.378. The van der Waals surface area contributed by atoms with Crippen molar-refractivity contribution in [2.45, 2.75) is 19.8 Å². The molecule has 0 amide bonds. The summed E-state index contributed by atoms with van der Waals surface area (Å²) in [4.78, 5) is 26.7. The lowest BCUT2D eigenvalue weighted by Crippen LogP contribution is -2.09. The number of benzene rings is 1. The van der Waals surface area contributed by atoms with Gasteiger partial charge < -0.3 is 14.7 Å². The second kappa shape index (κ2) is 4.79. The van der Waals surface area contributed by atoms with Crippen molar-refractivity contribution in [1.82, 2.24) is 10.1 Å². The molecule has 1 saturated carbocycles. The molecule has 0 bridgehead atoms. The standard InChI is InChI=1S/C13H11N3O6/c1-5-14-13(15-22-5)7-4-8(17)12(19)10(16(20)21)9(7)11(18)6-2-3-6/h4,6,17,19H,2-3H2,1H3. The van der Waals surface area contributed by atoms with Gasteiger partial charge >= 0.3 is 5.69 Å². The Hall–Kier alpha value is -2.97. The Morgan fingerprint density at radius 1 is 1.45 bits per heavy atom. The monoisotopic (exact) mass is 305 g/mol. The molecular formula is C13H11N3O6. The normalized spacial score (nSPS) is 14.0. The maximum Gasteiger partial charge on any atom is 0.326 e. The van der Waals surface area contributed by atoms with E-state index in [0.717, 1.165) is 6.07 Å². The van der Waals surface area contributed by atoms with Crippen LogP contribution in [0.3, 0.4) is 0 Å². The maximum atomic E-state index is 12.4. The average Bonchev–Trinajstić information content (AvgIpc) is 3.22. The Balaban J connectivity index is 2.32. The van der Waals surface area contributed by atoms with Gasteiger partial charge in [0.15, 0.2) is 11.5 Å². The molecule has 9 heteroatoms. The molecule has 1 fully saturated rings. The largest absolute Gasteiger partial charge is 0.504 e. The molecule has 114 valence electrons. The molecule has 0 radical (unpaired) electrons. The number of phenols is 2. The molecule has 0 unspecified atom stereocenters. The fraction of sp³-hybridized carbons (Fsp3) is 0.308. The number of carbonyl (C=O) groups excluding carboxylic acids is 1. The van der Waals surface area contributed by atoms with Crippen molar-refractivity contribution in [3.05, 3.63) is 27.6 Å². The van der Waals surface area contributed by atoms with E-state index in [4.69, 9.17) is 4.52 Å². The molecule has 2 aromatic rings. The van der Waals surface area contributed by atoms with Gasteiger partial charge in [-0.2, -0.15) is 4.98 Å². The SMILES string of the molecule is Cc1nc(-c2cc(O)c(O)c([N+](=O)[O-])c2C(=O)C2CC2)no1. The van der Waals surface area contributed by atoms with Crippen LogP contribution in [0.4, 0.5) is 5.69 Å². The molecule has 0 saturated heterocycles. The van der Waals surface area contributed by atoms with Crippen molar-refractivity contribution in [1.29, 1.82) is 0 Å². The minimum absolute atomic E-state index is 0.0317. The van der Waals surface area contributed by atoms with Crippen molar-refractivity contribution >= 4 is 11.5 Å². The molecule has 0 aliphatic heterocycles. The van der Waals surface area contributed by atoms with Crippen LogP contribution in [0.2, 0.25) is 0 Å². The number of nitro benzene ring substituents is 1. The summed E-state index contributed by atoms with van der Waals surface area (Å²) in [7, 11) is 0. The summed E-state index contributed by atoms with van der Waals surface area (Å²) in [5, 5.41) is 34.4. The fourth-order valence-electron chi connectivity index (χ4n) is 2.21. The predicted molar refractivity (Wildman–Crippen MR) is 71.5 cm³/mol. The van der Waals surface area contributed by atoms with Crippen molar-refractivity contribution in [2.24, 2.45) is 5.92 Å². The number of nitro groups is 1. The molecule has 3 rings (SSSR count). The van der Waals surface area contributed by atoms with Gasteiger partial charge in [-0.25, -0.2) is 0 Å². The number of carbonyl (C=O) groups is 1. The van der Waals surface area contributed by atoms with Gasteiger partial charge in [0.25, 0.3) is 0 Å². The molecule has 1 aliphatic carbocycles. The Morgan fingerprint density at radius 2 is 2.14 bits per heavy atom. The molecule has 9 nitrogen and oxygen atoms in total. The molecule has 1 aromatic carbocycles. The van der Waals surface area contributed by atoms with Gasteiger partial charge in [-0.3, -0.25) is 14.9 Å². The number of aromatic hydroxyl groups is 2.